The standard InChI is InChI=1S/C19H20N4O2S/c1-11-8-9-12(2)17-16(11)22-19(26-17)23(3)10-15(24)21-14-7-5-4-6-13(14)18(20)25/h4-9H,10H2,1-3H3,(H2,20,25)(H,21,24). The Labute approximate surface area is 155 Å². The number of primary amides is 1. The van der Waals surface area contributed by atoms with Crippen LogP contribution in [0.3, 0.4) is 0 Å². The van der Waals surface area contributed by atoms with E-state index in [0.717, 1.165) is 20.9 Å². The van der Waals surface area contributed by atoms with Gasteiger partial charge in [0.15, 0.2) is 5.13 Å². The summed E-state index contributed by atoms with van der Waals surface area (Å²) < 4.78 is 1.13. The number of aromatic nitrogens is 1. The van der Waals surface area contributed by atoms with E-state index >= 15 is 0 Å². The summed E-state index contributed by atoms with van der Waals surface area (Å²) in [6, 6.07) is 10.8. The number of likely N-dealkylation sites (N-methyl/N-ethyl adjacent to an activating group) is 1. The molecule has 0 saturated carbocycles. The number of amides is 2. The van der Waals surface area contributed by atoms with Crippen LogP contribution < -0.4 is 16.0 Å². The van der Waals surface area contributed by atoms with Crippen molar-refractivity contribution in [3.63, 3.8) is 0 Å². The predicted octanol–water partition coefficient (Wildman–Crippen LogP) is 3.09. The molecule has 3 aromatic rings. The Morgan fingerprint density at radius 2 is 1.85 bits per heavy atom. The molecule has 2 amide bonds. The zero-order chi connectivity index (χ0) is 18.8. The quantitative estimate of drug-likeness (QED) is 0.724. The lowest BCUT2D eigenvalue weighted by atomic mass is 10.1. The third-order valence-corrected chi connectivity index (χ3v) is 5.41. The number of rotatable bonds is 5. The molecule has 3 N–H and O–H groups in total. The van der Waals surface area contributed by atoms with Crippen molar-refractivity contribution in [2.75, 3.05) is 23.8 Å². The van der Waals surface area contributed by atoms with Crippen LogP contribution in [-0.4, -0.2) is 30.4 Å². The van der Waals surface area contributed by atoms with Gasteiger partial charge in [-0.1, -0.05) is 35.6 Å². The molecule has 0 aliphatic rings. The van der Waals surface area contributed by atoms with Gasteiger partial charge in [-0.05, 0) is 37.1 Å². The Hall–Kier alpha value is -2.93. The van der Waals surface area contributed by atoms with Crippen molar-refractivity contribution in [1.82, 2.24) is 4.98 Å². The van der Waals surface area contributed by atoms with Gasteiger partial charge in [0.1, 0.15) is 0 Å². The van der Waals surface area contributed by atoms with Crippen molar-refractivity contribution in [3.05, 3.63) is 53.1 Å². The Morgan fingerprint density at radius 3 is 2.54 bits per heavy atom. The zero-order valence-corrected chi connectivity index (χ0v) is 15.7. The van der Waals surface area contributed by atoms with Crippen LogP contribution in [0.15, 0.2) is 36.4 Å². The van der Waals surface area contributed by atoms with E-state index < -0.39 is 5.91 Å². The van der Waals surface area contributed by atoms with Crippen molar-refractivity contribution < 1.29 is 9.59 Å². The van der Waals surface area contributed by atoms with Gasteiger partial charge < -0.3 is 16.0 Å². The highest BCUT2D eigenvalue weighted by Gasteiger charge is 2.16. The van der Waals surface area contributed by atoms with Gasteiger partial charge in [0.25, 0.3) is 5.91 Å². The smallest absolute Gasteiger partial charge is 0.250 e. The van der Waals surface area contributed by atoms with Crippen LogP contribution >= 0.6 is 11.3 Å². The maximum absolute atomic E-state index is 12.4. The molecule has 0 bridgehead atoms. The maximum Gasteiger partial charge on any atom is 0.250 e. The van der Waals surface area contributed by atoms with E-state index in [-0.39, 0.29) is 18.0 Å². The highest BCUT2D eigenvalue weighted by Crippen LogP contribution is 2.32. The number of nitrogens with one attached hydrogen (secondary N) is 1. The van der Waals surface area contributed by atoms with E-state index in [1.807, 2.05) is 14.0 Å². The number of benzene rings is 2. The lowest BCUT2D eigenvalue weighted by Gasteiger charge is -2.16. The highest BCUT2D eigenvalue weighted by atomic mass is 32.1. The van der Waals surface area contributed by atoms with Crippen LogP contribution in [0, 0.1) is 13.8 Å². The minimum atomic E-state index is -0.577. The van der Waals surface area contributed by atoms with Gasteiger partial charge in [-0.25, -0.2) is 4.98 Å². The molecule has 1 aromatic heterocycles. The minimum Gasteiger partial charge on any atom is -0.366 e. The molecule has 2 aromatic carbocycles. The first kappa shape index (κ1) is 17.9. The average Bonchev–Trinajstić information content (AvgIpc) is 3.05. The third-order valence-electron chi connectivity index (χ3n) is 4.10. The summed E-state index contributed by atoms with van der Waals surface area (Å²) in [6.07, 6.45) is 0. The summed E-state index contributed by atoms with van der Waals surface area (Å²) in [4.78, 5) is 30.3. The number of aryl methyl sites for hydroxylation is 2. The second-order valence-corrected chi connectivity index (χ2v) is 7.17. The first-order valence-corrected chi connectivity index (χ1v) is 8.95. The number of thiazole rings is 1. The van der Waals surface area contributed by atoms with Crippen molar-refractivity contribution >= 4 is 44.2 Å². The average molecular weight is 368 g/mol. The van der Waals surface area contributed by atoms with E-state index in [9.17, 15) is 9.59 Å². The van der Waals surface area contributed by atoms with Crippen molar-refractivity contribution in [2.45, 2.75) is 13.8 Å². The van der Waals surface area contributed by atoms with Gasteiger partial charge in [0.2, 0.25) is 5.91 Å². The Morgan fingerprint density at radius 1 is 1.15 bits per heavy atom. The fourth-order valence-corrected chi connectivity index (χ4v) is 3.76. The van der Waals surface area contributed by atoms with Crippen LogP contribution in [0.2, 0.25) is 0 Å². The summed E-state index contributed by atoms with van der Waals surface area (Å²) in [7, 11) is 1.82. The number of carbonyl (C=O) groups excluding carboxylic acids is 2. The van der Waals surface area contributed by atoms with E-state index in [4.69, 9.17) is 5.73 Å². The Bertz CT molecular complexity index is 957. The molecule has 0 radical (unpaired) electrons. The Balaban J connectivity index is 1.77. The van der Waals surface area contributed by atoms with E-state index in [0.29, 0.717) is 5.69 Å². The van der Waals surface area contributed by atoms with Crippen LogP contribution in [0.1, 0.15) is 21.5 Å². The summed E-state index contributed by atoms with van der Waals surface area (Å²) in [6.45, 7) is 4.20. The molecule has 26 heavy (non-hydrogen) atoms. The topological polar surface area (TPSA) is 88.3 Å². The second kappa shape index (κ2) is 7.13. The normalized spacial score (nSPS) is 10.7. The molecule has 0 spiro atoms. The summed E-state index contributed by atoms with van der Waals surface area (Å²) in [5, 5.41) is 3.52. The maximum atomic E-state index is 12.4. The monoisotopic (exact) mass is 368 g/mol. The SMILES string of the molecule is Cc1ccc(C)c2sc(N(C)CC(=O)Nc3ccccc3C(N)=O)nc12. The lowest BCUT2D eigenvalue weighted by Crippen LogP contribution is -2.30. The number of para-hydroxylation sites is 1. The number of fused-ring (bicyclic) bond motifs is 1. The van der Waals surface area contributed by atoms with Crippen LogP contribution in [0.4, 0.5) is 10.8 Å². The van der Waals surface area contributed by atoms with Gasteiger partial charge in [-0.15, -0.1) is 0 Å². The van der Waals surface area contributed by atoms with Crippen molar-refractivity contribution in [2.24, 2.45) is 5.73 Å². The first-order valence-electron chi connectivity index (χ1n) is 8.13. The summed E-state index contributed by atoms with van der Waals surface area (Å²) in [5.74, 6) is -0.819. The van der Waals surface area contributed by atoms with Crippen molar-refractivity contribution in [3.8, 4) is 0 Å². The largest absolute Gasteiger partial charge is 0.366 e. The molecule has 1 heterocycles. The molecule has 0 saturated heterocycles. The number of nitrogens with two attached hydrogens (primary N) is 1. The molecule has 0 atom stereocenters. The molecular weight excluding hydrogens is 348 g/mol. The van der Waals surface area contributed by atoms with E-state index in [1.165, 1.54) is 5.56 Å². The predicted molar refractivity (Wildman–Crippen MR) is 106 cm³/mol. The van der Waals surface area contributed by atoms with Crippen LogP contribution in [0.5, 0.6) is 0 Å². The lowest BCUT2D eigenvalue weighted by molar-refractivity contribution is -0.114. The fraction of sp³-hybridized carbons (Fsp3) is 0.211. The van der Waals surface area contributed by atoms with Gasteiger partial charge in [0.05, 0.1) is 28.0 Å². The number of anilines is 2. The molecule has 0 fully saturated rings. The van der Waals surface area contributed by atoms with Gasteiger partial charge in [-0.2, -0.15) is 0 Å². The molecule has 7 heteroatoms. The third kappa shape index (κ3) is 3.52. The molecule has 6 nitrogen and oxygen atoms in total. The number of nitrogens with zero attached hydrogens (tertiary/aromatic N) is 2. The molecule has 134 valence electrons. The van der Waals surface area contributed by atoms with Crippen molar-refractivity contribution in [1.29, 1.82) is 0 Å². The summed E-state index contributed by atoms with van der Waals surface area (Å²) in [5.41, 5.74) is 9.29. The van der Waals surface area contributed by atoms with Crippen LogP contribution in [0.25, 0.3) is 10.2 Å². The van der Waals surface area contributed by atoms with Gasteiger partial charge >= 0.3 is 0 Å². The number of hydrogen-bond donors (Lipinski definition) is 2. The minimum absolute atomic E-state index is 0.116. The molecular formula is C19H20N4O2S. The number of carbonyl (C=O) groups is 2. The van der Waals surface area contributed by atoms with Crippen LogP contribution in [-0.2, 0) is 4.79 Å². The zero-order valence-electron chi connectivity index (χ0n) is 14.9. The number of hydrogen-bond acceptors (Lipinski definition) is 5. The second-order valence-electron chi connectivity index (χ2n) is 6.19. The van der Waals surface area contributed by atoms with Gasteiger partial charge in [0, 0.05) is 7.05 Å². The Kier molecular flexibility index (Phi) is 4.90. The van der Waals surface area contributed by atoms with Gasteiger partial charge in [-0.3, -0.25) is 9.59 Å². The summed E-state index contributed by atoms with van der Waals surface area (Å²) >= 11 is 1.56. The fourth-order valence-electron chi connectivity index (χ4n) is 2.69. The first-order chi connectivity index (χ1) is 12.4. The molecule has 0 aliphatic carbocycles. The molecule has 3 rings (SSSR count). The molecule has 0 aliphatic heterocycles. The molecule has 0 unspecified atom stereocenters. The van der Waals surface area contributed by atoms with E-state index in [1.54, 1.807) is 40.5 Å². The van der Waals surface area contributed by atoms with E-state index in [2.05, 4.69) is 29.4 Å². The highest BCUT2D eigenvalue weighted by molar-refractivity contribution is 7.22.